The molecule has 3 aromatic carbocycles. The van der Waals surface area contributed by atoms with E-state index in [2.05, 4.69) is 28.4 Å². The highest BCUT2D eigenvalue weighted by atomic mass is 16.2. The van der Waals surface area contributed by atoms with E-state index >= 15 is 0 Å². The molecule has 29 heavy (non-hydrogen) atoms. The van der Waals surface area contributed by atoms with E-state index in [1.807, 2.05) is 48.5 Å². The number of fused-ring (bicyclic) bond motifs is 2. The molecule has 1 fully saturated rings. The lowest BCUT2D eigenvalue weighted by Gasteiger charge is -2.31. The van der Waals surface area contributed by atoms with E-state index in [0.717, 1.165) is 35.8 Å². The van der Waals surface area contributed by atoms with Crippen LogP contribution >= 0.6 is 0 Å². The molecule has 2 aliphatic heterocycles. The normalized spacial score (nSPS) is 22.0. The molecule has 0 aromatic heterocycles. The number of nitrogens with zero attached hydrogens (tertiary/aromatic N) is 2. The lowest BCUT2D eigenvalue weighted by Crippen LogP contribution is -2.45. The van der Waals surface area contributed by atoms with Crippen LogP contribution in [0.25, 0.3) is 10.8 Å². The van der Waals surface area contributed by atoms with Crippen LogP contribution < -0.4 is 5.32 Å². The SMILES string of the molecule is CC1(c2ccc3ccccc3c2)NC(=O)N(CN2CCc3ccccc3C2)C1=O. The fourth-order valence-corrected chi connectivity index (χ4v) is 4.40. The van der Waals surface area contributed by atoms with E-state index in [0.29, 0.717) is 6.67 Å². The molecule has 146 valence electrons. The Morgan fingerprint density at radius 3 is 2.48 bits per heavy atom. The van der Waals surface area contributed by atoms with Gasteiger partial charge in [-0.3, -0.25) is 9.69 Å². The number of benzene rings is 3. The minimum atomic E-state index is -1.05. The molecular formula is C24H23N3O2. The molecule has 5 nitrogen and oxygen atoms in total. The number of imide groups is 1. The van der Waals surface area contributed by atoms with Crippen LogP contribution in [0.2, 0.25) is 0 Å². The first-order valence-corrected chi connectivity index (χ1v) is 9.97. The van der Waals surface area contributed by atoms with E-state index in [9.17, 15) is 9.59 Å². The summed E-state index contributed by atoms with van der Waals surface area (Å²) in [5, 5.41) is 5.10. The van der Waals surface area contributed by atoms with Gasteiger partial charge in [0.1, 0.15) is 5.54 Å². The van der Waals surface area contributed by atoms with Crippen LogP contribution in [-0.4, -0.2) is 35.0 Å². The summed E-state index contributed by atoms with van der Waals surface area (Å²) in [4.78, 5) is 29.5. The number of rotatable bonds is 3. The van der Waals surface area contributed by atoms with Gasteiger partial charge in [0.2, 0.25) is 0 Å². The Balaban J connectivity index is 1.39. The Hall–Kier alpha value is -3.18. The third-order valence-electron chi connectivity index (χ3n) is 6.15. The second-order valence-corrected chi connectivity index (χ2v) is 8.06. The molecule has 1 unspecified atom stereocenters. The topological polar surface area (TPSA) is 52.7 Å². The van der Waals surface area contributed by atoms with Gasteiger partial charge in [0.05, 0.1) is 6.67 Å². The molecule has 0 spiro atoms. The van der Waals surface area contributed by atoms with Gasteiger partial charge in [-0.15, -0.1) is 0 Å². The summed E-state index contributed by atoms with van der Waals surface area (Å²) in [5.41, 5.74) is 2.38. The van der Waals surface area contributed by atoms with Crippen molar-refractivity contribution in [2.45, 2.75) is 25.4 Å². The number of urea groups is 1. The van der Waals surface area contributed by atoms with Crippen molar-refractivity contribution in [3.05, 3.63) is 83.4 Å². The van der Waals surface area contributed by atoms with Gasteiger partial charge in [0.25, 0.3) is 5.91 Å². The summed E-state index contributed by atoms with van der Waals surface area (Å²) < 4.78 is 0. The van der Waals surface area contributed by atoms with Gasteiger partial charge < -0.3 is 5.32 Å². The first kappa shape index (κ1) is 17.9. The summed E-state index contributed by atoms with van der Waals surface area (Å²) in [5.74, 6) is -0.198. The van der Waals surface area contributed by atoms with Crippen LogP contribution in [0.5, 0.6) is 0 Å². The van der Waals surface area contributed by atoms with E-state index in [1.165, 1.54) is 16.0 Å². The Morgan fingerprint density at radius 2 is 1.66 bits per heavy atom. The molecule has 1 atom stereocenters. The van der Waals surface area contributed by atoms with Gasteiger partial charge in [-0.1, -0.05) is 60.7 Å². The molecule has 2 aliphatic rings. The lowest BCUT2D eigenvalue weighted by atomic mass is 9.90. The van der Waals surface area contributed by atoms with Crippen LogP contribution in [0.4, 0.5) is 4.79 Å². The van der Waals surface area contributed by atoms with E-state index in [-0.39, 0.29) is 11.9 Å². The fraction of sp³-hybridized carbons (Fsp3) is 0.250. The zero-order chi connectivity index (χ0) is 20.0. The van der Waals surface area contributed by atoms with Gasteiger partial charge in [-0.25, -0.2) is 9.69 Å². The molecule has 5 heteroatoms. The molecule has 0 saturated carbocycles. The molecule has 1 N–H and O–H groups in total. The zero-order valence-electron chi connectivity index (χ0n) is 16.4. The van der Waals surface area contributed by atoms with E-state index < -0.39 is 5.54 Å². The summed E-state index contributed by atoms with van der Waals surface area (Å²) in [7, 11) is 0. The van der Waals surface area contributed by atoms with Crippen LogP contribution in [0, 0.1) is 0 Å². The maximum Gasteiger partial charge on any atom is 0.326 e. The van der Waals surface area contributed by atoms with Crippen molar-refractivity contribution in [3.63, 3.8) is 0 Å². The summed E-state index contributed by atoms with van der Waals surface area (Å²) in [6.45, 7) is 3.69. The smallest absolute Gasteiger partial charge is 0.319 e. The quantitative estimate of drug-likeness (QED) is 0.701. The van der Waals surface area contributed by atoms with E-state index in [4.69, 9.17) is 0 Å². The average Bonchev–Trinajstić information content (AvgIpc) is 2.97. The zero-order valence-corrected chi connectivity index (χ0v) is 16.4. The molecule has 3 aromatic rings. The van der Waals surface area contributed by atoms with Gasteiger partial charge in [0, 0.05) is 13.1 Å². The third kappa shape index (κ3) is 2.98. The Kier molecular flexibility index (Phi) is 4.14. The second kappa shape index (κ2) is 6.71. The van der Waals surface area contributed by atoms with E-state index in [1.54, 1.807) is 6.92 Å². The number of hydrogen-bond acceptors (Lipinski definition) is 3. The number of carbonyl (C=O) groups is 2. The predicted octanol–water partition coefficient (Wildman–Crippen LogP) is 3.62. The second-order valence-electron chi connectivity index (χ2n) is 8.06. The molecule has 1 saturated heterocycles. The van der Waals surface area contributed by atoms with Gasteiger partial charge in [-0.2, -0.15) is 0 Å². The van der Waals surface area contributed by atoms with Crippen molar-refractivity contribution < 1.29 is 9.59 Å². The summed E-state index contributed by atoms with van der Waals surface area (Å²) in [6, 6.07) is 22.0. The number of nitrogens with one attached hydrogen (secondary N) is 1. The highest BCUT2D eigenvalue weighted by Gasteiger charge is 2.49. The molecule has 0 radical (unpaired) electrons. The molecule has 2 heterocycles. The van der Waals surface area contributed by atoms with Gasteiger partial charge >= 0.3 is 6.03 Å². The Labute approximate surface area is 169 Å². The third-order valence-corrected chi connectivity index (χ3v) is 6.15. The van der Waals surface area contributed by atoms with Crippen LogP contribution in [0.3, 0.4) is 0 Å². The van der Waals surface area contributed by atoms with Crippen LogP contribution in [0.1, 0.15) is 23.6 Å². The summed E-state index contributed by atoms with van der Waals surface area (Å²) >= 11 is 0. The van der Waals surface area contributed by atoms with Crippen LogP contribution in [0.15, 0.2) is 66.7 Å². The standard InChI is InChI=1S/C24H23N3O2/c1-24(21-11-10-17-6-2-4-8-19(17)14-21)22(28)27(23(29)25-24)16-26-13-12-18-7-3-5-9-20(18)15-26/h2-11,14H,12-13,15-16H2,1H3,(H,25,29). The van der Waals surface area contributed by atoms with Crippen molar-refractivity contribution in [2.24, 2.45) is 0 Å². The molecular weight excluding hydrogens is 362 g/mol. The Bertz CT molecular complexity index is 1130. The minimum absolute atomic E-state index is 0.198. The molecule has 3 amide bonds. The average molecular weight is 385 g/mol. The maximum absolute atomic E-state index is 13.3. The number of carbonyl (C=O) groups excluding carboxylic acids is 2. The predicted molar refractivity (Wildman–Crippen MR) is 112 cm³/mol. The monoisotopic (exact) mass is 385 g/mol. The first-order chi connectivity index (χ1) is 14.0. The van der Waals surface area contributed by atoms with Crippen molar-refractivity contribution in [2.75, 3.05) is 13.2 Å². The number of amides is 3. The van der Waals surface area contributed by atoms with Crippen molar-refractivity contribution in [1.29, 1.82) is 0 Å². The Morgan fingerprint density at radius 1 is 0.931 bits per heavy atom. The lowest BCUT2D eigenvalue weighted by molar-refractivity contribution is -0.132. The first-order valence-electron chi connectivity index (χ1n) is 9.97. The fourth-order valence-electron chi connectivity index (χ4n) is 4.40. The highest BCUT2D eigenvalue weighted by Crippen LogP contribution is 2.31. The minimum Gasteiger partial charge on any atom is -0.319 e. The van der Waals surface area contributed by atoms with Crippen LogP contribution in [-0.2, 0) is 23.3 Å². The van der Waals surface area contributed by atoms with Gasteiger partial charge in [-0.05, 0) is 46.9 Å². The molecule has 5 rings (SSSR count). The summed E-state index contributed by atoms with van der Waals surface area (Å²) in [6.07, 6.45) is 0.932. The molecule has 0 aliphatic carbocycles. The highest BCUT2D eigenvalue weighted by molar-refractivity contribution is 6.07. The molecule has 0 bridgehead atoms. The maximum atomic E-state index is 13.3. The number of hydrogen-bond donors (Lipinski definition) is 1. The van der Waals surface area contributed by atoms with Crippen molar-refractivity contribution in [3.8, 4) is 0 Å². The van der Waals surface area contributed by atoms with Crippen molar-refractivity contribution in [1.82, 2.24) is 15.1 Å². The largest absolute Gasteiger partial charge is 0.326 e. The van der Waals surface area contributed by atoms with Crippen molar-refractivity contribution >= 4 is 22.7 Å². The van der Waals surface area contributed by atoms with Gasteiger partial charge in [0.15, 0.2) is 0 Å².